The quantitative estimate of drug-likeness (QED) is 0.252. The number of rotatable bonds is 5. The summed E-state index contributed by atoms with van der Waals surface area (Å²) in [6, 6.07) is -4.16. The second-order valence-electron chi connectivity index (χ2n) is 4.72. The lowest BCUT2D eigenvalue weighted by Gasteiger charge is -2.24. The van der Waals surface area contributed by atoms with Gasteiger partial charge in [-0.3, -0.25) is 15.1 Å². The van der Waals surface area contributed by atoms with Crippen LogP contribution in [0, 0.1) is 16.0 Å². The average Bonchev–Trinajstić information content (AvgIpc) is 2.70. The summed E-state index contributed by atoms with van der Waals surface area (Å²) in [7, 11) is 1.40. The number of likely N-dealkylation sites (N-methyl/N-ethyl adjacent to an activating group) is 1. The highest BCUT2D eigenvalue weighted by molar-refractivity contribution is 5.87. The normalized spacial score (nSPS) is 24.6. The van der Waals surface area contributed by atoms with Gasteiger partial charge in [0, 0.05) is 26.1 Å². The van der Waals surface area contributed by atoms with Crippen LogP contribution in [0.5, 0.6) is 0 Å². The van der Waals surface area contributed by atoms with Crippen molar-refractivity contribution in [1.82, 2.24) is 4.90 Å². The zero-order valence-electron chi connectivity index (χ0n) is 11.3. The lowest BCUT2D eigenvalue weighted by Crippen LogP contribution is -2.48. The molecule has 2 atom stereocenters. The van der Waals surface area contributed by atoms with Gasteiger partial charge >= 0.3 is 6.05 Å². The van der Waals surface area contributed by atoms with E-state index < -0.39 is 16.8 Å². The van der Waals surface area contributed by atoms with Gasteiger partial charge in [0.1, 0.15) is 4.92 Å². The van der Waals surface area contributed by atoms with Crippen molar-refractivity contribution < 1.29 is 18.4 Å². The minimum atomic E-state index is -4.16. The molecule has 0 radical (unpaired) electrons. The van der Waals surface area contributed by atoms with Crippen molar-refractivity contribution in [3.63, 3.8) is 0 Å². The zero-order chi connectivity index (χ0) is 14.6. The van der Waals surface area contributed by atoms with Gasteiger partial charge in [-0.15, -0.1) is 8.78 Å². The van der Waals surface area contributed by atoms with Crippen molar-refractivity contribution >= 4 is 5.84 Å². The van der Waals surface area contributed by atoms with Crippen molar-refractivity contribution in [3.05, 3.63) is 10.1 Å². The minimum absolute atomic E-state index is 0.0701. The molecule has 0 spiro atoms. The molecule has 0 aromatic carbocycles. The second kappa shape index (κ2) is 6.23. The van der Waals surface area contributed by atoms with Crippen molar-refractivity contribution in [2.24, 2.45) is 10.9 Å². The Kier molecular flexibility index (Phi) is 5.16. The van der Waals surface area contributed by atoms with Gasteiger partial charge in [-0.2, -0.15) is 0 Å². The van der Waals surface area contributed by atoms with Crippen molar-refractivity contribution in [3.8, 4) is 0 Å². The van der Waals surface area contributed by atoms with E-state index in [1.165, 1.54) is 11.9 Å². The predicted octanol–water partition coefficient (Wildman–Crippen LogP) is 1.63. The fraction of sp³-hybridized carbons (Fsp3) is 0.909. The summed E-state index contributed by atoms with van der Waals surface area (Å²) in [5.41, 5.74) is 0. The summed E-state index contributed by atoms with van der Waals surface area (Å²) in [6.07, 6.45) is 0.856. The zero-order valence-corrected chi connectivity index (χ0v) is 11.3. The molecule has 1 heterocycles. The topological polar surface area (TPSA) is 68.0 Å². The fourth-order valence-electron chi connectivity index (χ4n) is 2.18. The smallest absolute Gasteiger partial charge is 0.378 e. The molecule has 1 saturated heterocycles. The SMILES string of the molecule is CCN=C(N(C)CC1COC(C)C1)C(F)(F)[N+](=O)[O-]. The summed E-state index contributed by atoms with van der Waals surface area (Å²) < 4.78 is 32.3. The number of hydrogen-bond acceptors (Lipinski definition) is 4. The largest absolute Gasteiger partial charge is 0.572 e. The van der Waals surface area contributed by atoms with E-state index in [1.54, 1.807) is 6.92 Å². The molecule has 1 aliphatic heterocycles. The van der Waals surface area contributed by atoms with Gasteiger partial charge in [-0.1, -0.05) is 0 Å². The maximum absolute atomic E-state index is 13.5. The van der Waals surface area contributed by atoms with Crippen LogP contribution in [0.15, 0.2) is 4.99 Å². The summed E-state index contributed by atoms with van der Waals surface area (Å²) in [6.45, 7) is 4.29. The van der Waals surface area contributed by atoms with Crippen LogP contribution in [0.1, 0.15) is 20.3 Å². The Morgan fingerprint density at radius 2 is 2.26 bits per heavy atom. The Morgan fingerprint density at radius 3 is 2.68 bits per heavy atom. The summed E-state index contributed by atoms with van der Waals surface area (Å²) in [5, 5.41) is 10.5. The number of amidine groups is 1. The molecule has 2 unspecified atom stereocenters. The van der Waals surface area contributed by atoms with E-state index in [1.807, 2.05) is 6.92 Å². The Balaban J connectivity index is 2.77. The van der Waals surface area contributed by atoms with E-state index in [2.05, 4.69) is 4.99 Å². The maximum atomic E-state index is 13.5. The van der Waals surface area contributed by atoms with Crippen LogP contribution in [0.25, 0.3) is 0 Å². The molecule has 1 rings (SSSR count). The Hall–Kier alpha value is -1.31. The highest BCUT2D eigenvalue weighted by Crippen LogP contribution is 2.23. The van der Waals surface area contributed by atoms with Crippen LogP contribution in [0.3, 0.4) is 0 Å². The summed E-state index contributed by atoms with van der Waals surface area (Å²) >= 11 is 0. The third-order valence-corrected chi connectivity index (χ3v) is 2.98. The van der Waals surface area contributed by atoms with Crippen LogP contribution in [0.2, 0.25) is 0 Å². The molecule has 6 nitrogen and oxygen atoms in total. The Morgan fingerprint density at radius 1 is 1.63 bits per heavy atom. The van der Waals surface area contributed by atoms with Gasteiger partial charge in [0.25, 0.3) is 5.84 Å². The monoisotopic (exact) mass is 279 g/mol. The third-order valence-electron chi connectivity index (χ3n) is 2.98. The molecule has 0 N–H and O–H groups in total. The molecule has 1 fully saturated rings. The number of halogens is 2. The highest BCUT2D eigenvalue weighted by Gasteiger charge is 2.52. The molecule has 19 heavy (non-hydrogen) atoms. The predicted molar refractivity (Wildman–Crippen MR) is 66.1 cm³/mol. The molecule has 0 aliphatic carbocycles. The first-order valence-corrected chi connectivity index (χ1v) is 6.19. The number of alkyl halides is 2. The molecule has 8 heteroatoms. The van der Waals surface area contributed by atoms with Gasteiger partial charge in [0.2, 0.25) is 0 Å². The molecular weight excluding hydrogens is 260 g/mol. The van der Waals surface area contributed by atoms with E-state index in [0.717, 1.165) is 6.42 Å². The summed E-state index contributed by atoms with van der Waals surface area (Å²) in [5.74, 6) is -0.704. The van der Waals surface area contributed by atoms with Gasteiger partial charge in [-0.25, -0.2) is 0 Å². The fourth-order valence-corrected chi connectivity index (χ4v) is 2.18. The number of hydrogen-bond donors (Lipinski definition) is 0. The first kappa shape index (κ1) is 15.7. The Labute approximate surface area is 110 Å². The van der Waals surface area contributed by atoms with Crippen LogP contribution >= 0.6 is 0 Å². The highest BCUT2D eigenvalue weighted by atomic mass is 19.3. The lowest BCUT2D eigenvalue weighted by atomic mass is 10.1. The standard InChI is InChI=1S/C11H19F2N3O3/c1-4-14-10(11(12,13)16(17)18)15(3)6-9-5-8(2)19-7-9/h8-9H,4-7H2,1-3H3. The van der Waals surface area contributed by atoms with Crippen LogP contribution in [-0.2, 0) is 4.74 Å². The van der Waals surface area contributed by atoms with E-state index in [-0.39, 0.29) is 25.1 Å². The van der Waals surface area contributed by atoms with Gasteiger partial charge in [-0.05, 0) is 20.3 Å². The molecule has 0 aromatic rings. The molecule has 0 bridgehead atoms. The molecule has 0 saturated carbocycles. The van der Waals surface area contributed by atoms with E-state index >= 15 is 0 Å². The average molecular weight is 279 g/mol. The van der Waals surface area contributed by atoms with E-state index in [0.29, 0.717) is 6.61 Å². The number of nitrogens with zero attached hydrogens (tertiary/aromatic N) is 3. The third kappa shape index (κ3) is 3.82. The lowest BCUT2D eigenvalue weighted by molar-refractivity contribution is -0.618. The second-order valence-corrected chi connectivity index (χ2v) is 4.72. The molecule has 1 aliphatic rings. The first-order chi connectivity index (χ1) is 8.78. The maximum Gasteiger partial charge on any atom is 0.572 e. The minimum Gasteiger partial charge on any atom is -0.378 e. The molecule has 0 amide bonds. The molecular formula is C11H19F2N3O3. The Bertz CT molecular complexity index is 363. The summed E-state index contributed by atoms with van der Waals surface area (Å²) in [4.78, 5) is 13.6. The van der Waals surface area contributed by atoms with Crippen LogP contribution in [0.4, 0.5) is 8.78 Å². The number of aliphatic imine (C=N–C) groups is 1. The van der Waals surface area contributed by atoms with E-state index in [9.17, 15) is 18.9 Å². The number of nitro groups is 1. The number of ether oxygens (including phenoxy) is 1. The van der Waals surface area contributed by atoms with Gasteiger partial charge in [0.05, 0.1) is 12.7 Å². The van der Waals surface area contributed by atoms with Crippen molar-refractivity contribution in [2.45, 2.75) is 32.4 Å². The van der Waals surface area contributed by atoms with Crippen molar-refractivity contribution in [1.29, 1.82) is 0 Å². The van der Waals surface area contributed by atoms with E-state index in [4.69, 9.17) is 4.74 Å². The first-order valence-electron chi connectivity index (χ1n) is 6.19. The van der Waals surface area contributed by atoms with Gasteiger partial charge in [0.15, 0.2) is 0 Å². The van der Waals surface area contributed by atoms with Crippen molar-refractivity contribution in [2.75, 3.05) is 26.7 Å². The molecule has 0 aromatic heterocycles. The molecule has 110 valence electrons. The van der Waals surface area contributed by atoms with Gasteiger partial charge < -0.3 is 9.64 Å². The van der Waals surface area contributed by atoms with Crippen LogP contribution < -0.4 is 0 Å². The van der Waals surface area contributed by atoms with Crippen LogP contribution in [-0.4, -0.2) is 54.6 Å².